The SMILES string of the molecule is O=C1CCC(c2ccn[nH]2)CC1. The number of ketones is 1. The van der Waals surface area contributed by atoms with E-state index < -0.39 is 0 Å². The first-order chi connectivity index (χ1) is 5.86. The van der Waals surface area contributed by atoms with Crippen LogP contribution in [0.1, 0.15) is 37.3 Å². The summed E-state index contributed by atoms with van der Waals surface area (Å²) >= 11 is 0. The molecular formula is C9H12N2O. The van der Waals surface area contributed by atoms with Crippen molar-refractivity contribution in [3.8, 4) is 0 Å². The molecule has 1 aromatic heterocycles. The standard InChI is InChI=1S/C9H12N2O/c12-8-3-1-7(2-4-8)9-5-6-10-11-9/h5-7H,1-4H2,(H,10,11). The molecule has 1 aliphatic rings. The first-order valence-electron chi connectivity index (χ1n) is 4.37. The third-order valence-electron chi connectivity index (χ3n) is 2.51. The number of hydrogen-bond donors (Lipinski definition) is 1. The molecule has 1 heterocycles. The van der Waals surface area contributed by atoms with Crippen molar-refractivity contribution in [2.75, 3.05) is 0 Å². The minimum atomic E-state index is 0.408. The van der Waals surface area contributed by atoms with Gasteiger partial charge in [-0.1, -0.05) is 0 Å². The average molecular weight is 164 g/mol. The minimum absolute atomic E-state index is 0.408. The fourth-order valence-corrected chi connectivity index (χ4v) is 1.74. The van der Waals surface area contributed by atoms with Crippen molar-refractivity contribution in [1.82, 2.24) is 10.2 Å². The molecule has 3 heteroatoms. The van der Waals surface area contributed by atoms with E-state index in [-0.39, 0.29) is 0 Å². The van der Waals surface area contributed by atoms with Gasteiger partial charge in [-0.25, -0.2) is 0 Å². The van der Waals surface area contributed by atoms with Crippen molar-refractivity contribution in [1.29, 1.82) is 0 Å². The molecule has 0 bridgehead atoms. The largest absolute Gasteiger partial charge is 0.300 e. The zero-order valence-corrected chi connectivity index (χ0v) is 6.92. The monoisotopic (exact) mass is 164 g/mol. The topological polar surface area (TPSA) is 45.8 Å². The van der Waals surface area contributed by atoms with E-state index in [2.05, 4.69) is 10.2 Å². The van der Waals surface area contributed by atoms with Crippen LogP contribution in [0.3, 0.4) is 0 Å². The van der Waals surface area contributed by atoms with Gasteiger partial charge < -0.3 is 0 Å². The zero-order chi connectivity index (χ0) is 8.39. The van der Waals surface area contributed by atoms with E-state index >= 15 is 0 Å². The molecule has 0 radical (unpaired) electrons. The van der Waals surface area contributed by atoms with Gasteiger partial charge in [-0.2, -0.15) is 5.10 Å². The molecule has 12 heavy (non-hydrogen) atoms. The van der Waals surface area contributed by atoms with Gasteiger partial charge in [0.2, 0.25) is 0 Å². The molecule has 1 N–H and O–H groups in total. The quantitative estimate of drug-likeness (QED) is 0.685. The fourth-order valence-electron chi connectivity index (χ4n) is 1.74. The maximum atomic E-state index is 11.0. The number of aromatic amines is 1. The molecule has 0 saturated heterocycles. The van der Waals surface area contributed by atoms with Crippen LogP contribution in [0.5, 0.6) is 0 Å². The number of aromatic nitrogens is 2. The molecule has 0 amide bonds. The zero-order valence-electron chi connectivity index (χ0n) is 6.92. The summed E-state index contributed by atoms with van der Waals surface area (Å²) in [5, 5.41) is 6.87. The van der Waals surface area contributed by atoms with Crippen molar-refractivity contribution in [3.63, 3.8) is 0 Å². The van der Waals surface area contributed by atoms with Crippen LogP contribution in [-0.2, 0) is 4.79 Å². The second-order valence-corrected chi connectivity index (χ2v) is 3.32. The predicted octanol–water partition coefficient (Wildman–Crippen LogP) is 1.64. The molecule has 0 atom stereocenters. The van der Waals surface area contributed by atoms with Crippen LogP contribution in [0, 0.1) is 0 Å². The molecular weight excluding hydrogens is 152 g/mol. The molecule has 1 saturated carbocycles. The average Bonchev–Trinajstić information content (AvgIpc) is 2.58. The molecule has 0 spiro atoms. The van der Waals surface area contributed by atoms with Crippen LogP contribution in [0.2, 0.25) is 0 Å². The van der Waals surface area contributed by atoms with Gasteiger partial charge in [0.25, 0.3) is 0 Å². The highest BCUT2D eigenvalue weighted by molar-refractivity contribution is 5.79. The van der Waals surface area contributed by atoms with E-state index in [1.165, 1.54) is 5.69 Å². The Morgan fingerprint density at radius 2 is 2.17 bits per heavy atom. The molecule has 2 rings (SSSR count). The first-order valence-corrected chi connectivity index (χ1v) is 4.37. The Hall–Kier alpha value is -1.12. The van der Waals surface area contributed by atoms with Crippen molar-refractivity contribution in [3.05, 3.63) is 18.0 Å². The lowest BCUT2D eigenvalue weighted by Crippen LogP contribution is -2.12. The van der Waals surface area contributed by atoms with Crippen LogP contribution in [0.25, 0.3) is 0 Å². The predicted molar refractivity (Wildman–Crippen MR) is 44.8 cm³/mol. The van der Waals surface area contributed by atoms with Gasteiger partial charge in [0.15, 0.2) is 0 Å². The van der Waals surface area contributed by atoms with E-state index in [4.69, 9.17) is 0 Å². The van der Waals surface area contributed by atoms with Crippen molar-refractivity contribution in [2.24, 2.45) is 0 Å². The van der Waals surface area contributed by atoms with Gasteiger partial charge in [-0.3, -0.25) is 9.89 Å². The van der Waals surface area contributed by atoms with Crippen molar-refractivity contribution >= 4 is 5.78 Å². The lowest BCUT2D eigenvalue weighted by Gasteiger charge is -2.18. The third-order valence-corrected chi connectivity index (χ3v) is 2.51. The van der Waals surface area contributed by atoms with E-state index in [1.54, 1.807) is 6.20 Å². The highest BCUT2D eigenvalue weighted by Gasteiger charge is 2.20. The number of H-pyrrole nitrogens is 1. The van der Waals surface area contributed by atoms with Gasteiger partial charge in [-0.05, 0) is 18.9 Å². The maximum Gasteiger partial charge on any atom is 0.132 e. The van der Waals surface area contributed by atoms with E-state index in [9.17, 15) is 4.79 Å². The van der Waals surface area contributed by atoms with Crippen LogP contribution in [0.15, 0.2) is 12.3 Å². The summed E-state index contributed by atoms with van der Waals surface area (Å²) in [6.07, 6.45) is 5.22. The second kappa shape index (κ2) is 3.09. The highest BCUT2D eigenvalue weighted by atomic mass is 16.1. The van der Waals surface area contributed by atoms with Crippen LogP contribution >= 0.6 is 0 Å². The Morgan fingerprint density at radius 3 is 2.75 bits per heavy atom. The van der Waals surface area contributed by atoms with Crippen molar-refractivity contribution < 1.29 is 4.79 Å². The van der Waals surface area contributed by atoms with Gasteiger partial charge in [0, 0.05) is 30.7 Å². The summed E-state index contributed by atoms with van der Waals surface area (Å²) < 4.78 is 0. The van der Waals surface area contributed by atoms with Gasteiger partial charge in [0.1, 0.15) is 5.78 Å². The number of carbonyl (C=O) groups is 1. The fraction of sp³-hybridized carbons (Fsp3) is 0.556. The Balaban J connectivity index is 2.03. The third kappa shape index (κ3) is 1.40. The summed E-state index contributed by atoms with van der Waals surface area (Å²) in [4.78, 5) is 11.0. The van der Waals surface area contributed by atoms with Crippen molar-refractivity contribution in [2.45, 2.75) is 31.6 Å². The van der Waals surface area contributed by atoms with Gasteiger partial charge >= 0.3 is 0 Å². The molecule has 64 valence electrons. The van der Waals surface area contributed by atoms with E-state index in [0.717, 1.165) is 25.7 Å². The summed E-state index contributed by atoms with van der Waals surface area (Å²) in [5.74, 6) is 0.941. The second-order valence-electron chi connectivity index (χ2n) is 3.32. The molecule has 0 aliphatic heterocycles. The smallest absolute Gasteiger partial charge is 0.132 e. The molecule has 1 fully saturated rings. The number of nitrogens with one attached hydrogen (secondary N) is 1. The summed E-state index contributed by atoms with van der Waals surface area (Å²) in [5.41, 5.74) is 1.18. The first kappa shape index (κ1) is 7.53. The molecule has 3 nitrogen and oxygen atoms in total. The lowest BCUT2D eigenvalue weighted by atomic mass is 9.86. The Morgan fingerprint density at radius 1 is 1.42 bits per heavy atom. The van der Waals surface area contributed by atoms with Crippen LogP contribution in [0.4, 0.5) is 0 Å². The molecule has 1 aromatic rings. The Bertz CT molecular complexity index is 256. The van der Waals surface area contributed by atoms with Crippen LogP contribution < -0.4 is 0 Å². The number of hydrogen-bond acceptors (Lipinski definition) is 2. The molecule has 0 aromatic carbocycles. The summed E-state index contributed by atoms with van der Waals surface area (Å²) in [7, 11) is 0. The lowest BCUT2D eigenvalue weighted by molar-refractivity contribution is -0.120. The summed E-state index contributed by atoms with van der Waals surface area (Å²) in [6.45, 7) is 0. The number of nitrogens with zero attached hydrogens (tertiary/aromatic N) is 1. The van der Waals surface area contributed by atoms with E-state index in [0.29, 0.717) is 11.7 Å². The van der Waals surface area contributed by atoms with Gasteiger partial charge in [-0.15, -0.1) is 0 Å². The maximum absolute atomic E-state index is 11.0. The number of Topliss-reactive ketones (excluding diaryl/α,β-unsaturated/α-hetero) is 1. The number of carbonyl (C=O) groups excluding carboxylic acids is 1. The molecule has 1 aliphatic carbocycles. The number of rotatable bonds is 1. The van der Waals surface area contributed by atoms with Gasteiger partial charge in [0.05, 0.1) is 0 Å². The van der Waals surface area contributed by atoms with E-state index in [1.807, 2.05) is 6.07 Å². The van der Waals surface area contributed by atoms with Crippen LogP contribution in [-0.4, -0.2) is 16.0 Å². The minimum Gasteiger partial charge on any atom is -0.300 e. The normalized spacial score (nSPS) is 19.8. The highest BCUT2D eigenvalue weighted by Crippen LogP contribution is 2.29. The Labute approximate surface area is 71.2 Å². The molecule has 0 unspecified atom stereocenters. The Kier molecular flexibility index (Phi) is 1.94. The summed E-state index contributed by atoms with van der Waals surface area (Å²) in [6, 6.07) is 2.00.